The fourth-order valence-corrected chi connectivity index (χ4v) is 1.52. The fourth-order valence-electron chi connectivity index (χ4n) is 1.52. The summed E-state index contributed by atoms with van der Waals surface area (Å²) in [5.74, 6) is -1.49. The van der Waals surface area contributed by atoms with Gasteiger partial charge in [0.1, 0.15) is 17.4 Å². The van der Waals surface area contributed by atoms with Crippen LogP contribution in [0.25, 0.3) is 0 Å². The number of anilines is 1. The Morgan fingerprint density at radius 1 is 1.44 bits per heavy atom. The molecule has 0 aliphatic heterocycles. The van der Waals surface area contributed by atoms with Crippen molar-refractivity contribution in [2.75, 3.05) is 19.0 Å². The monoisotopic (exact) mass is 247 g/mol. The Hall–Kier alpha value is -2.75. The molecule has 0 unspecified atom stereocenters. The third kappa shape index (κ3) is 2.49. The molecule has 0 radical (unpaired) electrons. The topological polar surface area (TPSA) is 129 Å². The molecule has 0 saturated carbocycles. The maximum Gasteiger partial charge on any atom is 0.286 e. The van der Waals surface area contributed by atoms with Crippen molar-refractivity contribution in [3.05, 3.63) is 23.3 Å². The number of phenolic OH excluding ortho intramolecular Hbond substituents is 1. The molecule has 0 heterocycles. The van der Waals surface area contributed by atoms with E-state index >= 15 is 0 Å². The summed E-state index contributed by atoms with van der Waals surface area (Å²) in [6, 6.07) is 4.60. The molecule has 0 aromatic heterocycles. The zero-order valence-corrected chi connectivity index (χ0v) is 10.0. The van der Waals surface area contributed by atoms with E-state index in [0.717, 1.165) is 0 Å². The summed E-state index contributed by atoms with van der Waals surface area (Å²) in [4.78, 5) is 16.7. The lowest BCUT2D eigenvalue weighted by Crippen LogP contribution is -2.25. The second-order valence-electron chi connectivity index (χ2n) is 3.70. The van der Waals surface area contributed by atoms with Gasteiger partial charge in [0.05, 0.1) is 11.3 Å². The summed E-state index contributed by atoms with van der Waals surface area (Å²) < 4.78 is 0. The molecule has 7 heteroatoms. The lowest BCUT2D eigenvalue weighted by atomic mass is 10.0. The Kier molecular flexibility index (Phi) is 3.74. The SMILES string of the molecule is CN(C)c1c(C#N)ccc(O)c1C(=O)N=C(N)N. The van der Waals surface area contributed by atoms with Crippen LogP contribution in [0.2, 0.25) is 0 Å². The second-order valence-corrected chi connectivity index (χ2v) is 3.70. The van der Waals surface area contributed by atoms with Gasteiger partial charge in [-0.1, -0.05) is 0 Å². The highest BCUT2D eigenvalue weighted by Gasteiger charge is 2.21. The van der Waals surface area contributed by atoms with Gasteiger partial charge in [0, 0.05) is 14.1 Å². The smallest absolute Gasteiger partial charge is 0.286 e. The molecule has 0 aliphatic carbocycles. The average molecular weight is 247 g/mol. The molecule has 0 aliphatic rings. The lowest BCUT2D eigenvalue weighted by Gasteiger charge is -2.18. The van der Waals surface area contributed by atoms with Crippen LogP contribution in [-0.4, -0.2) is 31.1 Å². The van der Waals surface area contributed by atoms with Crippen LogP contribution >= 0.6 is 0 Å². The Bertz CT molecular complexity index is 553. The molecule has 18 heavy (non-hydrogen) atoms. The van der Waals surface area contributed by atoms with Crippen molar-refractivity contribution in [3.63, 3.8) is 0 Å². The van der Waals surface area contributed by atoms with E-state index in [1.165, 1.54) is 17.0 Å². The van der Waals surface area contributed by atoms with Crippen molar-refractivity contribution in [3.8, 4) is 11.8 Å². The van der Waals surface area contributed by atoms with E-state index in [2.05, 4.69) is 4.99 Å². The van der Waals surface area contributed by atoms with Gasteiger partial charge in [0.2, 0.25) is 0 Å². The van der Waals surface area contributed by atoms with Crippen LogP contribution in [0.4, 0.5) is 5.69 Å². The number of amides is 1. The molecule has 0 saturated heterocycles. The van der Waals surface area contributed by atoms with Gasteiger partial charge in [-0.25, -0.2) is 0 Å². The van der Waals surface area contributed by atoms with Crippen LogP contribution < -0.4 is 16.4 Å². The number of nitriles is 1. The van der Waals surface area contributed by atoms with Crippen LogP contribution in [0.3, 0.4) is 0 Å². The van der Waals surface area contributed by atoms with Crippen molar-refractivity contribution in [2.24, 2.45) is 16.5 Å². The van der Waals surface area contributed by atoms with Crippen molar-refractivity contribution in [1.29, 1.82) is 5.26 Å². The van der Waals surface area contributed by atoms with Gasteiger partial charge in [0.15, 0.2) is 5.96 Å². The van der Waals surface area contributed by atoms with Crippen LogP contribution in [0.1, 0.15) is 15.9 Å². The minimum Gasteiger partial charge on any atom is -0.507 e. The number of rotatable bonds is 2. The number of hydrogen-bond donors (Lipinski definition) is 3. The number of benzene rings is 1. The highest BCUT2D eigenvalue weighted by atomic mass is 16.3. The minimum atomic E-state index is -0.798. The quantitative estimate of drug-likeness (QED) is 0.488. The van der Waals surface area contributed by atoms with E-state index in [0.29, 0.717) is 0 Å². The zero-order valence-electron chi connectivity index (χ0n) is 10.0. The lowest BCUT2D eigenvalue weighted by molar-refractivity contribution is 0.100. The molecule has 1 aromatic carbocycles. The maximum atomic E-state index is 11.8. The summed E-state index contributed by atoms with van der Waals surface area (Å²) in [5, 5.41) is 18.7. The Morgan fingerprint density at radius 2 is 2.06 bits per heavy atom. The second kappa shape index (κ2) is 5.05. The number of guanidine groups is 1. The number of hydrogen-bond acceptors (Lipinski definition) is 4. The van der Waals surface area contributed by atoms with Crippen molar-refractivity contribution < 1.29 is 9.90 Å². The Labute approximate surface area is 104 Å². The Balaban J connectivity index is 3.56. The molecule has 5 N–H and O–H groups in total. The molecule has 0 spiro atoms. The molecule has 94 valence electrons. The first-order chi connectivity index (χ1) is 8.38. The van der Waals surface area contributed by atoms with E-state index in [4.69, 9.17) is 16.7 Å². The number of aromatic hydroxyl groups is 1. The summed E-state index contributed by atoms with van der Waals surface area (Å²) in [6.07, 6.45) is 0. The summed E-state index contributed by atoms with van der Waals surface area (Å²) in [7, 11) is 3.28. The van der Waals surface area contributed by atoms with Gasteiger partial charge in [-0.15, -0.1) is 0 Å². The zero-order chi connectivity index (χ0) is 13.9. The molecule has 1 amide bonds. The largest absolute Gasteiger partial charge is 0.507 e. The summed E-state index contributed by atoms with van der Waals surface area (Å²) in [5.41, 5.74) is 10.7. The molecule has 0 atom stereocenters. The van der Waals surface area contributed by atoms with Crippen LogP contribution in [0.5, 0.6) is 5.75 Å². The first-order valence-electron chi connectivity index (χ1n) is 4.95. The molecule has 7 nitrogen and oxygen atoms in total. The van der Waals surface area contributed by atoms with E-state index < -0.39 is 11.9 Å². The number of carbonyl (C=O) groups is 1. The third-order valence-corrected chi connectivity index (χ3v) is 2.17. The van der Waals surface area contributed by atoms with Crippen LogP contribution in [0, 0.1) is 11.3 Å². The average Bonchev–Trinajstić information content (AvgIpc) is 2.27. The molecule has 0 bridgehead atoms. The highest BCUT2D eigenvalue weighted by Crippen LogP contribution is 2.31. The van der Waals surface area contributed by atoms with Gasteiger partial charge >= 0.3 is 0 Å². The molecular formula is C11H13N5O2. The maximum absolute atomic E-state index is 11.8. The minimum absolute atomic E-state index is 0.104. The van der Waals surface area contributed by atoms with Crippen molar-refractivity contribution in [1.82, 2.24) is 0 Å². The van der Waals surface area contributed by atoms with Gasteiger partial charge in [0.25, 0.3) is 5.91 Å². The molecule has 1 aromatic rings. The first-order valence-corrected chi connectivity index (χ1v) is 4.95. The van der Waals surface area contributed by atoms with E-state index in [-0.39, 0.29) is 22.6 Å². The van der Waals surface area contributed by atoms with E-state index in [1.807, 2.05) is 6.07 Å². The predicted octanol–water partition coefficient (Wildman–Crippen LogP) is -0.257. The highest BCUT2D eigenvalue weighted by molar-refractivity contribution is 6.08. The summed E-state index contributed by atoms with van der Waals surface area (Å²) >= 11 is 0. The number of aliphatic imine (C=N–C) groups is 1. The van der Waals surface area contributed by atoms with Gasteiger partial charge in [-0.05, 0) is 12.1 Å². The van der Waals surface area contributed by atoms with E-state index in [9.17, 15) is 9.90 Å². The molecule has 1 rings (SSSR count). The van der Waals surface area contributed by atoms with Crippen molar-refractivity contribution in [2.45, 2.75) is 0 Å². The number of carbonyl (C=O) groups excluding carboxylic acids is 1. The van der Waals surface area contributed by atoms with Crippen LogP contribution in [-0.2, 0) is 0 Å². The normalized spacial score (nSPS) is 9.39. The van der Waals surface area contributed by atoms with Gasteiger partial charge < -0.3 is 21.5 Å². The number of phenols is 1. The first kappa shape index (κ1) is 13.3. The number of nitrogens with zero attached hydrogens (tertiary/aromatic N) is 3. The van der Waals surface area contributed by atoms with Crippen LogP contribution in [0.15, 0.2) is 17.1 Å². The predicted molar refractivity (Wildman–Crippen MR) is 67.3 cm³/mol. The molecule has 0 fully saturated rings. The third-order valence-electron chi connectivity index (χ3n) is 2.17. The standard InChI is InChI=1S/C11H13N5O2/c1-16(2)9-6(5-12)3-4-7(17)8(9)10(18)15-11(13)14/h3-4,17H,1-2H3,(H4,13,14,15,18). The Morgan fingerprint density at radius 3 is 2.50 bits per heavy atom. The van der Waals surface area contributed by atoms with Gasteiger partial charge in [-0.2, -0.15) is 10.3 Å². The van der Waals surface area contributed by atoms with Crippen molar-refractivity contribution >= 4 is 17.6 Å². The van der Waals surface area contributed by atoms with E-state index in [1.54, 1.807) is 14.1 Å². The molecular weight excluding hydrogens is 234 g/mol. The number of nitrogens with two attached hydrogens (primary N) is 2. The summed E-state index contributed by atoms with van der Waals surface area (Å²) in [6.45, 7) is 0. The van der Waals surface area contributed by atoms with Gasteiger partial charge in [-0.3, -0.25) is 4.79 Å². The fraction of sp³-hybridized carbons (Fsp3) is 0.182.